The number of nitrogens with one attached hydrogen (secondary N) is 1. The van der Waals surface area contributed by atoms with E-state index in [0.717, 1.165) is 28.0 Å². The number of amides is 1. The van der Waals surface area contributed by atoms with Crippen molar-refractivity contribution in [1.82, 2.24) is 5.32 Å². The first-order chi connectivity index (χ1) is 12.3. The molecule has 3 rings (SSSR count). The highest BCUT2D eigenvalue weighted by molar-refractivity contribution is 8.18. The summed E-state index contributed by atoms with van der Waals surface area (Å²) in [7, 11) is 0. The minimum absolute atomic E-state index is 0.0206. The number of nitro benzene ring substituents is 1. The Morgan fingerprint density at radius 2 is 1.85 bits per heavy atom. The summed E-state index contributed by atoms with van der Waals surface area (Å²) in [5.41, 5.74) is 4.49. The van der Waals surface area contributed by atoms with Gasteiger partial charge in [-0.1, -0.05) is 12.1 Å². The molecule has 7 heteroatoms. The number of thioether (sulfide) groups is 1. The number of benzene rings is 2. The third kappa shape index (κ3) is 3.67. The van der Waals surface area contributed by atoms with Crippen LogP contribution in [-0.4, -0.2) is 16.0 Å². The van der Waals surface area contributed by atoms with Crippen molar-refractivity contribution in [3.05, 3.63) is 74.2 Å². The van der Waals surface area contributed by atoms with Crippen molar-refractivity contribution in [3.8, 4) is 0 Å². The first-order valence-corrected chi connectivity index (χ1v) is 8.77. The van der Waals surface area contributed by atoms with Crippen LogP contribution in [0.1, 0.15) is 23.6 Å². The molecule has 132 valence electrons. The molecule has 0 spiro atoms. The highest BCUT2D eigenvalue weighted by Gasteiger charge is 2.26. The van der Waals surface area contributed by atoms with Crippen LogP contribution in [0.4, 0.5) is 11.4 Å². The average Bonchev–Trinajstić information content (AvgIpc) is 2.98. The van der Waals surface area contributed by atoms with E-state index in [4.69, 9.17) is 0 Å². The average molecular weight is 367 g/mol. The number of amidine groups is 1. The predicted octanol–water partition coefficient (Wildman–Crippen LogP) is 4.49. The van der Waals surface area contributed by atoms with Gasteiger partial charge in [0.25, 0.3) is 11.6 Å². The Bertz CT molecular complexity index is 962. The van der Waals surface area contributed by atoms with Gasteiger partial charge in [-0.15, -0.1) is 0 Å². The number of carbonyl (C=O) groups is 1. The van der Waals surface area contributed by atoms with Gasteiger partial charge >= 0.3 is 0 Å². The number of aryl methyl sites for hydroxylation is 2. The van der Waals surface area contributed by atoms with Crippen LogP contribution in [-0.2, 0) is 4.79 Å². The molecule has 1 saturated heterocycles. The lowest BCUT2D eigenvalue weighted by molar-refractivity contribution is -0.384. The second-order valence-electron chi connectivity index (χ2n) is 6.02. The largest absolute Gasteiger partial charge is 0.300 e. The zero-order chi connectivity index (χ0) is 18.8. The standard InChI is InChI=1S/C19H17N3O3S/c1-11-4-5-12(2)16(10-11)20-19-21-18(23)17(26-19)13(3)14-6-8-15(9-7-14)22(24)25/h4-10H,1-3H3,(H,20,21,23)/b17-13-. The molecule has 0 radical (unpaired) electrons. The van der Waals surface area contributed by atoms with Crippen LogP contribution in [0.5, 0.6) is 0 Å². The monoisotopic (exact) mass is 367 g/mol. The van der Waals surface area contributed by atoms with Gasteiger partial charge < -0.3 is 5.32 Å². The van der Waals surface area contributed by atoms with Gasteiger partial charge in [0.15, 0.2) is 5.17 Å². The molecule has 0 aliphatic carbocycles. The zero-order valence-corrected chi connectivity index (χ0v) is 15.4. The van der Waals surface area contributed by atoms with E-state index in [1.807, 2.05) is 39.0 Å². The number of non-ortho nitro benzene ring substituents is 1. The maximum absolute atomic E-state index is 12.3. The molecule has 0 saturated carbocycles. The van der Waals surface area contributed by atoms with Gasteiger partial charge in [-0.2, -0.15) is 0 Å². The molecule has 1 aliphatic rings. The molecule has 1 aliphatic heterocycles. The number of rotatable bonds is 3. The summed E-state index contributed by atoms with van der Waals surface area (Å²) in [6.45, 7) is 5.79. The summed E-state index contributed by atoms with van der Waals surface area (Å²) in [6.07, 6.45) is 0. The third-order valence-electron chi connectivity index (χ3n) is 4.06. The van der Waals surface area contributed by atoms with Crippen LogP contribution in [0.15, 0.2) is 52.4 Å². The fourth-order valence-electron chi connectivity index (χ4n) is 2.53. The summed E-state index contributed by atoms with van der Waals surface area (Å²) in [4.78, 5) is 27.8. The molecule has 26 heavy (non-hydrogen) atoms. The quantitative estimate of drug-likeness (QED) is 0.492. The maximum atomic E-state index is 12.3. The van der Waals surface area contributed by atoms with Crippen LogP contribution in [0.25, 0.3) is 5.57 Å². The Kier molecular flexibility index (Phi) is 4.90. The van der Waals surface area contributed by atoms with Crippen LogP contribution >= 0.6 is 11.8 Å². The molecule has 6 nitrogen and oxygen atoms in total. The van der Waals surface area contributed by atoms with Crippen molar-refractivity contribution in [1.29, 1.82) is 0 Å². The minimum atomic E-state index is -0.446. The zero-order valence-electron chi connectivity index (χ0n) is 14.6. The smallest absolute Gasteiger partial charge is 0.269 e. The molecular formula is C19H17N3O3S. The summed E-state index contributed by atoms with van der Waals surface area (Å²) in [5, 5.41) is 14.1. The fourth-order valence-corrected chi connectivity index (χ4v) is 3.43. The third-order valence-corrected chi connectivity index (χ3v) is 5.15. The lowest BCUT2D eigenvalue weighted by Crippen LogP contribution is -2.19. The number of allylic oxidation sites excluding steroid dienone is 1. The van der Waals surface area contributed by atoms with Gasteiger partial charge in [0.1, 0.15) is 0 Å². The molecule has 2 aromatic carbocycles. The molecule has 0 atom stereocenters. The number of nitro groups is 1. The van der Waals surface area contributed by atoms with Gasteiger partial charge in [0, 0.05) is 12.1 Å². The van der Waals surface area contributed by atoms with E-state index in [0.29, 0.717) is 10.1 Å². The van der Waals surface area contributed by atoms with Crippen molar-refractivity contribution in [2.45, 2.75) is 20.8 Å². The Morgan fingerprint density at radius 1 is 1.15 bits per heavy atom. The van der Waals surface area contributed by atoms with Crippen LogP contribution < -0.4 is 5.32 Å². The Morgan fingerprint density at radius 3 is 2.50 bits per heavy atom. The van der Waals surface area contributed by atoms with Crippen LogP contribution in [0.2, 0.25) is 0 Å². The van der Waals surface area contributed by atoms with E-state index in [1.165, 1.54) is 23.9 Å². The number of aliphatic imine (C=N–C) groups is 1. The number of nitrogens with zero attached hydrogens (tertiary/aromatic N) is 2. The second-order valence-corrected chi connectivity index (χ2v) is 7.02. The van der Waals surface area contributed by atoms with Crippen molar-refractivity contribution < 1.29 is 9.72 Å². The first kappa shape index (κ1) is 17.9. The Labute approximate surface area is 155 Å². The van der Waals surface area contributed by atoms with Gasteiger partial charge in [0.2, 0.25) is 0 Å². The lowest BCUT2D eigenvalue weighted by Gasteiger charge is -2.04. The second kappa shape index (κ2) is 7.13. The molecule has 1 N–H and O–H groups in total. The van der Waals surface area contributed by atoms with E-state index in [-0.39, 0.29) is 11.6 Å². The molecule has 1 heterocycles. The van der Waals surface area contributed by atoms with E-state index in [2.05, 4.69) is 10.3 Å². The van der Waals surface area contributed by atoms with Crippen molar-refractivity contribution >= 4 is 39.8 Å². The highest BCUT2D eigenvalue weighted by atomic mass is 32.2. The normalized spacial score (nSPS) is 17.3. The first-order valence-electron chi connectivity index (χ1n) is 7.96. The van der Waals surface area contributed by atoms with E-state index in [9.17, 15) is 14.9 Å². The van der Waals surface area contributed by atoms with E-state index in [1.54, 1.807) is 12.1 Å². The number of carbonyl (C=O) groups excluding carboxylic acids is 1. The maximum Gasteiger partial charge on any atom is 0.269 e. The van der Waals surface area contributed by atoms with Crippen molar-refractivity contribution in [3.63, 3.8) is 0 Å². The van der Waals surface area contributed by atoms with Crippen molar-refractivity contribution in [2.75, 3.05) is 0 Å². The summed E-state index contributed by atoms with van der Waals surface area (Å²) in [6, 6.07) is 12.1. The van der Waals surface area contributed by atoms with E-state index >= 15 is 0 Å². The molecule has 2 aromatic rings. The van der Waals surface area contributed by atoms with E-state index < -0.39 is 4.92 Å². The number of hydrogen-bond donors (Lipinski definition) is 1. The van der Waals surface area contributed by atoms with Gasteiger partial charge in [-0.25, -0.2) is 4.99 Å². The highest BCUT2D eigenvalue weighted by Crippen LogP contribution is 2.33. The Hall–Kier alpha value is -2.93. The van der Waals surface area contributed by atoms with Crippen LogP contribution in [0.3, 0.4) is 0 Å². The molecule has 0 bridgehead atoms. The van der Waals surface area contributed by atoms with Crippen LogP contribution in [0, 0.1) is 24.0 Å². The van der Waals surface area contributed by atoms with Gasteiger partial charge in [-0.05, 0) is 73.0 Å². The molecule has 0 unspecified atom stereocenters. The lowest BCUT2D eigenvalue weighted by atomic mass is 10.1. The molecule has 1 amide bonds. The summed E-state index contributed by atoms with van der Waals surface area (Å²) >= 11 is 1.28. The predicted molar refractivity (Wildman–Crippen MR) is 104 cm³/mol. The topological polar surface area (TPSA) is 84.6 Å². The van der Waals surface area contributed by atoms with Gasteiger partial charge in [-0.3, -0.25) is 14.9 Å². The molecule has 0 aromatic heterocycles. The summed E-state index contributed by atoms with van der Waals surface area (Å²) < 4.78 is 0. The minimum Gasteiger partial charge on any atom is -0.300 e. The molecule has 1 fully saturated rings. The molecular weight excluding hydrogens is 350 g/mol. The Balaban J connectivity index is 1.91. The number of hydrogen-bond acceptors (Lipinski definition) is 5. The van der Waals surface area contributed by atoms with Crippen molar-refractivity contribution in [2.24, 2.45) is 4.99 Å². The van der Waals surface area contributed by atoms with Gasteiger partial charge in [0.05, 0.1) is 15.5 Å². The fraction of sp³-hybridized carbons (Fsp3) is 0.158. The SMILES string of the molecule is C/C(=C1/SC(=Nc2cc(C)ccc2C)NC1=O)c1ccc([N+](=O)[O-])cc1. The summed E-state index contributed by atoms with van der Waals surface area (Å²) in [5.74, 6) is -0.213.